The van der Waals surface area contributed by atoms with Crippen molar-refractivity contribution >= 4 is 39.0 Å². The quantitative estimate of drug-likeness (QED) is 0.600. The first-order valence-corrected chi connectivity index (χ1v) is 7.92. The van der Waals surface area contributed by atoms with E-state index in [1.165, 1.54) is 11.5 Å². The standard InChI is InChI=1S/C10H13ClN2S2/c11-7-9-1-2-10(12-8-9)13-3-5-14-15-6-4-13/h1-2,8H,3-7H2. The van der Waals surface area contributed by atoms with Gasteiger partial charge in [0.1, 0.15) is 5.82 Å². The lowest BCUT2D eigenvalue weighted by atomic mass is 10.3. The smallest absolute Gasteiger partial charge is 0.128 e. The molecular formula is C10H13ClN2S2. The maximum atomic E-state index is 5.73. The number of nitrogens with zero attached hydrogens (tertiary/aromatic N) is 2. The van der Waals surface area contributed by atoms with Crippen LogP contribution in [0.4, 0.5) is 5.82 Å². The number of alkyl halides is 1. The lowest BCUT2D eigenvalue weighted by Gasteiger charge is -2.20. The van der Waals surface area contributed by atoms with Crippen molar-refractivity contribution in [1.29, 1.82) is 0 Å². The van der Waals surface area contributed by atoms with Gasteiger partial charge in [0.25, 0.3) is 0 Å². The molecule has 1 aliphatic rings. The van der Waals surface area contributed by atoms with E-state index in [2.05, 4.69) is 22.0 Å². The Kier molecular flexibility index (Phi) is 4.47. The van der Waals surface area contributed by atoms with Crippen LogP contribution in [0.5, 0.6) is 0 Å². The third kappa shape index (κ3) is 3.20. The zero-order valence-corrected chi connectivity index (χ0v) is 10.7. The van der Waals surface area contributed by atoms with Gasteiger partial charge < -0.3 is 4.90 Å². The molecule has 1 fully saturated rings. The van der Waals surface area contributed by atoms with Gasteiger partial charge in [-0.1, -0.05) is 27.7 Å². The summed E-state index contributed by atoms with van der Waals surface area (Å²) in [4.78, 5) is 6.78. The summed E-state index contributed by atoms with van der Waals surface area (Å²) >= 11 is 5.73. The van der Waals surface area contributed by atoms with Crippen molar-refractivity contribution in [2.75, 3.05) is 29.5 Å². The van der Waals surface area contributed by atoms with Crippen LogP contribution >= 0.6 is 33.2 Å². The Morgan fingerprint density at radius 1 is 1.27 bits per heavy atom. The van der Waals surface area contributed by atoms with Crippen molar-refractivity contribution in [2.24, 2.45) is 0 Å². The molecule has 0 saturated carbocycles. The molecule has 0 aromatic carbocycles. The van der Waals surface area contributed by atoms with Gasteiger partial charge in [-0.2, -0.15) is 0 Å². The number of rotatable bonds is 2. The second-order valence-corrected chi connectivity index (χ2v) is 6.26. The first-order valence-electron chi connectivity index (χ1n) is 4.90. The molecule has 2 heterocycles. The van der Waals surface area contributed by atoms with Crippen molar-refractivity contribution in [2.45, 2.75) is 5.88 Å². The molecule has 15 heavy (non-hydrogen) atoms. The second-order valence-electron chi connectivity index (χ2n) is 3.29. The number of hydrogen-bond acceptors (Lipinski definition) is 4. The lowest BCUT2D eigenvalue weighted by molar-refractivity contribution is 0.861. The van der Waals surface area contributed by atoms with Gasteiger partial charge in [-0.05, 0) is 11.6 Å². The monoisotopic (exact) mass is 260 g/mol. The summed E-state index contributed by atoms with van der Waals surface area (Å²) in [6, 6.07) is 4.12. The van der Waals surface area contributed by atoms with E-state index in [1.54, 1.807) is 0 Å². The van der Waals surface area contributed by atoms with Gasteiger partial charge in [-0.25, -0.2) is 4.98 Å². The number of halogens is 1. The van der Waals surface area contributed by atoms with E-state index in [1.807, 2.05) is 27.8 Å². The third-order valence-electron chi connectivity index (χ3n) is 2.26. The molecule has 1 aromatic rings. The summed E-state index contributed by atoms with van der Waals surface area (Å²) < 4.78 is 0. The highest BCUT2D eigenvalue weighted by atomic mass is 35.5. The van der Waals surface area contributed by atoms with Gasteiger partial charge in [0.05, 0.1) is 0 Å². The Balaban J connectivity index is 2.06. The van der Waals surface area contributed by atoms with Crippen LogP contribution in [-0.2, 0) is 5.88 Å². The normalized spacial score (nSPS) is 17.5. The van der Waals surface area contributed by atoms with E-state index >= 15 is 0 Å². The zero-order chi connectivity index (χ0) is 10.5. The fourth-order valence-corrected chi connectivity index (χ4v) is 3.57. The highest BCUT2D eigenvalue weighted by molar-refractivity contribution is 8.76. The van der Waals surface area contributed by atoms with Gasteiger partial charge in [0.15, 0.2) is 0 Å². The first-order chi connectivity index (χ1) is 7.40. The van der Waals surface area contributed by atoms with E-state index in [0.29, 0.717) is 5.88 Å². The molecule has 0 aliphatic carbocycles. The van der Waals surface area contributed by atoms with Gasteiger partial charge in [-0.15, -0.1) is 11.6 Å². The van der Waals surface area contributed by atoms with Gasteiger partial charge in [0, 0.05) is 36.7 Å². The van der Waals surface area contributed by atoms with E-state index in [-0.39, 0.29) is 0 Å². The Hall–Kier alpha value is -0.0600. The highest BCUT2D eigenvalue weighted by Crippen LogP contribution is 2.25. The number of hydrogen-bond donors (Lipinski definition) is 0. The molecule has 2 nitrogen and oxygen atoms in total. The lowest BCUT2D eigenvalue weighted by Crippen LogP contribution is -2.27. The molecule has 1 aromatic heterocycles. The van der Waals surface area contributed by atoms with E-state index < -0.39 is 0 Å². The molecule has 82 valence electrons. The fourth-order valence-electron chi connectivity index (χ4n) is 1.44. The summed E-state index contributed by atoms with van der Waals surface area (Å²) in [6.45, 7) is 2.18. The summed E-state index contributed by atoms with van der Waals surface area (Å²) in [6.07, 6.45) is 1.87. The predicted octanol–water partition coefficient (Wildman–Crippen LogP) is 3.02. The Labute approximate surface area is 103 Å². The van der Waals surface area contributed by atoms with Gasteiger partial charge in [-0.3, -0.25) is 0 Å². The largest absolute Gasteiger partial charge is 0.355 e. The molecule has 0 N–H and O–H groups in total. The zero-order valence-electron chi connectivity index (χ0n) is 8.36. The SMILES string of the molecule is ClCc1ccc(N2CCSSCC2)nc1. The minimum Gasteiger partial charge on any atom is -0.355 e. The predicted molar refractivity (Wildman–Crippen MR) is 70.9 cm³/mol. The van der Waals surface area contributed by atoms with Crippen molar-refractivity contribution in [3.63, 3.8) is 0 Å². The Morgan fingerprint density at radius 3 is 2.53 bits per heavy atom. The first kappa shape index (κ1) is 11.4. The molecule has 0 atom stereocenters. The summed E-state index contributed by atoms with van der Waals surface area (Å²) in [7, 11) is 3.90. The van der Waals surface area contributed by atoms with Crippen molar-refractivity contribution in [3.8, 4) is 0 Å². The Bertz CT molecular complexity index is 297. The van der Waals surface area contributed by atoms with Crippen LogP contribution in [0.25, 0.3) is 0 Å². The number of anilines is 1. The van der Waals surface area contributed by atoms with Crippen molar-refractivity contribution in [1.82, 2.24) is 4.98 Å². The Morgan fingerprint density at radius 2 is 2.00 bits per heavy atom. The molecule has 2 rings (SSSR count). The maximum Gasteiger partial charge on any atom is 0.128 e. The molecule has 0 radical (unpaired) electrons. The van der Waals surface area contributed by atoms with Crippen LogP contribution < -0.4 is 4.90 Å². The van der Waals surface area contributed by atoms with Gasteiger partial charge >= 0.3 is 0 Å². The van der Waals surface area contributed by atoms with Crippen LogP contribution in [0, 0.1) is 0 Å². The van der Waals surface area contributed by atoms with Crippen molar-refractivity contribution < 1.29 is 0 Å². The molecule has 0 bridgehead atoms. The topological polar surface area (TPSA) is 16.1 Å². The van der Waals surface area contributed by atoms with Crippen LogP contribution in [0.15, 0.2) is 18.3 Å². The molecule has 0 unspecified atom stereocenters. The molecule has 1 aliphatic heterocycles. The average molecular weight is 261 g/mol. The second kappa shape index (κ2) is 5.87. The third-order valence-corrected chi connectivity index (χ3v) is 4.93. The van der Waals surface area contributed by atoms with E-state index in [9.17, 15) is 0 Å². The summed E-state index contributed by atoms with van der Waals surface area (Å²) in [5.41, 5.74) is 1.08. The van der Waals surface area contributed by atoms with Gasteiger partial charge in [0.2, 0.25) is 0 Å². The van der Waals surface area contributed by atoms with E-state index in [0.717, 1.165) is 24.5 Å². The summed E-state index contributed by atoms with van der Waals surface area (Å²) in [5, 5.41) is 0. The molecule has 1 saturated heterocycles. The molecule has 0 spiro atoms. The number of aromatic nitrogens is 1. The minimum absolute atomic E-state index is 0.541. The molecular weight excluding hydrogens is 248 g/mol. The minimum atomic E-state index is 0.541. The fraction of sp³-hybridized carbons (Fsp3) is 0.500. The van der Waals surface area contributed by atoms with Crippen LogP contribution in [-0.4, -0.2) is 29.6 Å². The molecule has 5 heteroatoms. The van der Waals surface area contributed by atoms with Crippen LogP contribution in [0.2, 0.25) is 0 Å². The molecule has 0 amide bonds. The highest BCUT2D eigenvalue weighted by Gasteiger charge is 2.10. The van der Waals surface area contributed by atoms with Crippen LogP contribution in [0.1, 0.15) is 5.56 Å². The summed E-state index contributed by atoms with van der Waals surface area (Å²) in [5.74, 6) is 3.96. The van der Waals surface area contributed by atoms with Crippen molar-refractivity contribution in [3.05, 3.63) is 23.9 Å². The van der Waals surface area contributed by atoms with E-state index in [4.69, 9.17) is 11.6 Å². The van der Waals surface area contributed by atoms with Crippen LogP contribution in [0.3, 0.4) is 0 Å². The average Bonchev–Trinajstić information content (AvgIpc) is 2.58. The number of pyridine rings is 1. The maximum absolute atomic E-state index is 5.73.